The Kier molecular flexibility index (Phi) is 6.48. The lowest BCUT2D eigenvalue weighted by molar-refractivity contribution is 0.0952. The summed E-state index contributed by atoms with van der Waals surface area (Å²) in [4.78, 5) is 18.5. The molecule has 1 aromatic heterocycles. The molecule has 0 radical (unpaired) electrons. The van der Waals surface area contributed by atoms with Crippen LogP contribution >= 0.6 is 11.3 Å². The van der Waals surface area contributed by atoms with Crippen LogP contribution in [-0.2, 0) is 11.3 Å². The predicted molar refractivity (Wildman–Crippen MR) is 128 cm³/mol. The minimum atomic E-state index is -0.256. The van der Waals surface area contributed by atoms with E-state index in [-0.39, 0.29) is 18.8 Å². The molecule has 1 amide bonds. The van der Waals surface area contributed by atoms with Crippen molar-refractivity contribution in [3.63, 3.8) is 0 Å². The first-order valence-electron chi connectivity index (χ1n) is 11.5. The summed E-state index contributed by atoms with van der Waals surface area (Å²) in [5, 5.41) is 1.90. The Labute approximate surface area is 198 Å². The molecule has 2 aromatic carbocycles. The zero-order valence-corrected chi connectivity index (χ0v) is 19.5. The number of carbonyl (C=O) groups excluding carboxylic acids is 1. The number of ether oxygens (including phenoxy) is 3. The Bertz CT molecular complexity index is 1070. The van der Waals surface area contributed by atoms with E-state index in [0.29, 0.717) is 25.0 Å². The second-order valence-corrected chi connectivity index (χ2v) is 9.30. The van der Waals surface area contributed by atoms with Crippen LogP contribution in [0.25, 0.3) is 11.1 Å². The van der Waals surface area contributed by atoms with Gasteiger partial charge in [-0.25, -0.2) is 9.78 Å². The molecule has 3 atom stereocenters. The Morgan fingerprint density at radius 2 is 1.97 bits per heavy atom. The van der Waals surface area contributed by atoms with Gasteiger partial charge in [0.25, 0.3) is 0 Å². The third-order valence-corrected chi connectivity index (χ3v) is 7.13. The summed E-state index contributed by atoms with van der Waals surface area (Å²) in [7, 11) is 0. The number of carbonyl (C=O) groups is 1. The van der Waals surface area contributed by atoms with E-state index in [2.05, 4.69) is 29.2 Å². The molecule has 33 heavy (non-hydrogen) atoms. The number of amides is 1. The standard InChI is InChI=1S/C26H28N2O4S/c1-2-30-22-9-6-18(7-10-22)19-4-3-5-23(12-19)32-25-11-8-20-13-28(14-24(20)25)26(29)31-15-21-16-33-17-27-21/h3-7,9-10,12,16-17,20,24-25H,2,8,11,13-15H2,1H3/t20-,24+,25-/m1/s1. The number of hydrogen-bond acceptors (Lipinski definition) is 6. The van der Waals surface area contributed by atoms with Crippen LogP contribution in [0.5, 0.6) is 11.5 Å². The van der Waals surface area contributed by atoms with Crippen LogP contribution in [0.2, 0.25) is 0 Å². The first-order chi connectivity index (χ1) is 16.2. The van der Waals surface area contributed by atoms with E-state index in [1.807, 2.05) is 41.5 Å². The number of likely N-dealkylation sites (tertiary alicyclic amines) is 1. The summed E-state index contributed by atoms with van der Waals surface area (Å²) in [5.41, 5.74) is 4.78. The van der Waals surface area contributed by atoms with E-state index in [1.54, 1.807) is 5.51 Å². The second-order valence-electron chi connectivity index (χ2n) is 8.58. The lowest BCUT2D eigenvalue weighted by atomic mass is 9.99. The van der Waals surface area contributed by atoms with Crippen LogP contribution in [-0.4, -0.2) is 41.8 Å². The smallest absolute Gasteiger partial charge is 0.410 e. The first kappa shape index (κ1) is 21.8. The quantitative estimate of drug-likeness (QED) is 0.453. The van der Waals surface area contributed by atoms with Gasteiger partial charge in [-0.1, -0.05) is 24.3 Å². The van der Waals surface area contributed by atoms with Crippen molar-refractivity contribution in [1.82, 2.24) is 9.88 Å². The van der Waals surface area contributed by atoms with Gasteiger partial charge in [0, 0.05) is 24.4 Å². The van der Waals surface area contributed by atoms with E-state index in [1.165, 1.54) is 11.3 Å². The Balaban J connectivity index is 1.20. The maximum absolute atomic E-state index is 12.5. The van der Waals surface area contributed by atoms with Gasteiger partial charge in [0.15, 0.2) is 0 Å². The van der Waals surface area contributed by atoms with Crippen LogP contribution in [0.3, 0.4) is 0 Å². The number of rotatable bonds is 7. The summed E-state index contributed by atoms with van der Waals surface area (Å²) in [6.07, 6.45) is 1.95. The molecule has 0 unspecified atom stereocenters. The zero-order chi connectivity index (χ0) is 22.6. The summed E-state index contributed by atoms with van der Waals surface area (Å²) in [6, 6.07) is 16.4. The molecule has 5 rings (SSSR count). The van der Waals surface area contributed by atoms with Crippen LogP contribution in [0, 0.1) is 11.8 Å². The van der Waals surface area contributed by atoms with Crippen molar-refractivity contribution >= 4 is 17.4 Å². The van der Waals surface area contributed by atoms with Gasteiger partial charge in [-0.05, 0) is 61.1 Å². The van der Waals surface area contributed by atoms with Gasteiger partial charge in [-0.2, -0.15) is 0 Å². The van der Waals surface area contributed by atoms with Crippen molar-refractivity contribution in [2.24, 2.45) is 11.8 Å². The Morgan fingerprint density at radius 1 is 1.09 bits per heavy atom. The van der Waals surface area contributed by atoms with Crippen LogP contribution < -0.4 is 9.47 Å². The van der Waals surface area contributed by atoms with Crippen LogP contribution in [0.1, 0.15) is 25.5 Å². The number of aromatic nitrogens is 1. The van der Waals surface area contributed by atoms with Gasteiger partial charge < -0.3 is 19.1 Å². The van der Waals surface area contributed by atoms with Crippen molar-refractivity contribution < 1.29 is 19.0 Å². The summed E-state index contributed by atoms with van der Waals surface area (Å²) in [6.45, 7) is 4.30. The molecular weight excluding hydrogens is 436 g/mol. The number of nitrogens with zero attached hydrogens (tertiary/aromatic N) is 2. The largest absolute Gasteiger partial charge is 0.494 e. The van der Waals surface area contributed by atoms with E-state index in [4.69, 9.17) is 14.2 Å². The van der Waals surface area contributed by atoms with Gasteiger partial charge in [-0.3, -0.25) is 0 Å². The van der Waals surface area contributed by atoms with Crippen molar-refractivity contribution in [2.45, 2.75) is 32.5 Å². The molecule has 3 aromatic rings. The fourth-order valence-electron chi connectivity index (χ4n) is 4.88. The fraction of sp³-hybridized carbons (Fsp3) is 0.385. The lowest BCUT2D eigenvalue weighted by Gasteiger charge is -2.22. The van der Waals surface area contributed by atoms with Crippen molar-refractivity contribution in [2.75, 3.05) is 19.7 Å². The molecule has 0 N–H and O–H groups in total. The summed E-state index contributed by atoms with van der Waals surface area (Å²) < 4.78 is 17.5. The molecule has 0 spiro atoms. The van der Waals surface area contributed by atoms with Gasteiger partial charge in [0.1, 0.15) is 24.2 Å². The third-order valence-electron chi connectivity index (χ3n) is 6.50. The molecule has 2 aliphatic rings. The molecule has 172 valence electrons. The fourth-order valence-corrected chi connectivity index (χ4v) is 5.42. The summed E-state index contributed by atoms with van der Waals surface area (Å²) >= 11 is 1.50. The first-order valence-corrected chi connectivity index (χ1v) is 12.4. The van der Waals surface area contributed by atoms with Crippen LogP contribution in [0.15, 0.2) is 59.4 Å². The second kappa shape index (κ2) is 9.83. The monoisotopic (exact) mass is 464 g/mol. The van der Waals surface area contributed by atoms with E-state index in [9.17, 15) is 4.79 Å². The molecule has 0 bridgehead atoms. The average molecular weight is 465 g/mol. The minimum absolute atomic E-state index is 0.113. The molecule has 1 saturated heterocycles. The highest BCUT2D eigenvalue weighted by Crippen LogP contribution is 2.40. The maximum atomic E-state index is 12.5. The molecule has 1 aliphatic heterocycles. The number of thiazole rings is 1. The Hall–Kier alpha value is -3.06. The molecule has 1 aliphatic carbocycles. The predicted octanol–water partition coefficient (Wildman–Crippen LogP) is 5.63. The van der Waals surface area contributed by atoms with Gasteiger partial charge in [0.05, 0.1) is 17.8 Å². The molecule has 6 nitrogen and oxygen atoms in total. The van der Waals surface area contributed by atoms with Gasteiger partial charge in [-0.15, -0.1) is 11.3 Å². The van der Waals surface area contributed by atoms with E-state index in [0.717, 1.165) is 47.7 Å². The van der Waals surface area contributed by atoms with Gasteiger partial charge >= 0.3 is 6.09 Å². The van der Waals surface area contributed by atoms with Crippen molar-refractivity contribution in [1.29, 1.82) is 0 Å². The number of benzene rings is 2. The normalized spacial score (nSPS) is 21.6. The SMILES string of the molecule is CCOc1ccc(-c2cccc(O[C@@H]3CC[C@@H]4CN(C(=O)OCc5cscn5)C[C@@H]43)c2)cc1. The number of fused-ring (bicyclic) bond motifs is 1. The van der Waals surface area contributed by atoms with Gasteiger partial charge in [0.2, 0.25) is 0 Å². The van der Waals surface area contributed by atoms with Crippen molar-refractivity contribution in [3.8, 4) is 22.6 Å². The molecule has 1 saturated carbocycles. The lowest BCUT2D eigenvalue weighted by Crippen LogP contribution is -2.32. The molecule has 2 heterocycles. The minimum Gasteiger partial charge on any atom is -0.494 e. The third kappa shape index (κ3) is 4.98. The summed E-state index contributed by atoms with van der Waals surface area (Å²) in [5.74, 6) is 2.56. The van der Waals surface area contributed by atoms with E-state index < -0.39 is 0 Å². The molecule has 7 heteroatoms. The molecule has 2 fully saturated rings. The van der Waals surface area contributed by atoms with Crippen molar-refractivity contribution in [3.05, 3.63) is 65.1 Å². The topological polar surface area (TPSA) is 60.9 Å². The highest BCUT2D eigenvalue weighted by Gasteiger charge is 2.45. The zero-order valence-electron chi connectivity index (χ0n) is 18.7. The van der Waals surface area contributed by atoms with Crippen LogP contribution in [0.4, 0.5) is 4.79 Å². The molecular formula is C26H28N2O4S. The average Bonchev–Trinajstić information content (AvgIpc) is 3.58. The number of hydrogen-bond donors (Lipinski definition) is 0. The Morgan fingerprint density at radius 3 is 2.76 bits per heavy atom. The maximum Gasteiger partial charge on any atom is 0.410 e. The highest BCUT2D eigenvalue weighted by molar-refractivity contribution is 7.07. The van der Waals surface area contributed by atoms with E-state index >= 15 is 0 Å². The highest BCUT2D eigenvalue weighted by atomic mass is 32.1.